The summed E-state index contributed by atoms with van der Waals surface area (Å²) in [5.41, 5.74) is 0. The van der Waals surface area contributed by atoms with E-state index in [-0.39, 0.29) is 6.42 Å². The highest BCUT2D eigenvalue weighted by atomic mass is 16.9. The van der Waals surface area contributed by atoms with E-state index in [0.717, 1.165) is 0 Å². The smallest absolute Gasteiger partial charge is 0.326 e. The maximum Gasteiger partial charge on any atom is 0.326 e. The van der Waals surface area contributed by atoms with Crippen LogP contribution in [0.25, 0.3) is 0 Å². The van der Waals surface area contributed by atoms with E-state index in [0.29, 0.717) is 0 Å². The zero-order valence-electron chi connectivity index (χ0n) is 16.0. The Morgan fingerprint density at radius 2 is 1.50 bits per heavy atom. The number of nitrogens with one attached hydrogen (secondary N) is 1. The Balaban J connectivity index is 1.77. The van der Waals surface area contributed by atoms with Crippen molar-refractivity contribution in [1.82, 2.24) is 5.32 Å². The highest BCUT2D eigenvalue weighted by Crippen LogP contribution is 2.44. The number of rotatable bonds is 6. The van der Waals surface area contributed by atoms with Gasteiger partial charge in [0.15, 0.2) is 24.0 Å². The predicted molar refractivity (Wildman–Crippen MR) is 89.0 cm³/mol. The molecule has 11 nitrogen and oxygen atoms in total. The van der Waals surface area contributed by atoms with Gasteiger partial charge in [-0.05, 0) is 34.1 Å². The van der Waals surface area contributed by atoms with E-state index in [1.54, 1.807) is 27.7 Å². The topological polar surface area (TPSA) is 150 Å². The second kappa shape index (κ2) is 7.23. The minimum Gasteiger partial charge on any atom is -0.481 e. The third-order valence-corrected chi connectivity index (χ3v) is 4.67. The minimum absolute atomic E-state index is 0.265. The van der Waals surface area contributed by atoms with E-state index in [9.17, 15) is 19.5 Å². The molecule has 1 amide bonds. The number of ether oxygens (including phenoxy) is 5. The number of amides is 1. The number of aliphatic carboxylic acids is 2. The van der Waals surface area contributed by atoms with Crippen LogP contribution in [-0.4, -0.2) is 76.4 Å². The van der Waals surface area contributed by atoms with Crippen molar-refractivity contribution >= 4 is 17.8 Å². The summed E-state index contributed by atoms with van der Waals surface area (Å²) in [4.78, 5) is 34.9. The molecule has 0 aromatic heterocycles. The Kier molecular flexibility index (Phi) is 5.40. The highest BCUT2D eigenvalue weighted by Gasteiger charge is 2.62. The van der Waals surface area contributed by atoms with Gasteiger partial charge in [-0.3, -0.25) is 9.59 Å². The van der Waals surface area contributed by atoms with Gasteiger partial charge in [-0.15, -0.1) is 0 Å². The van der Waals surface area contributed by atoms with Crippen LogP contribution in [0.3, 0.4) is 0 Å². The molecular formula is C17H25NO10. The van der Waals surface area contributed by atoms with Gasteiger partial charge < -0.3 is 39.2 Å². The Morgan fingerprint density at radius 1 is 0.929 bits per heavy atom. The number of hydrogen-bond acceptors (Lipinski definition) is 8. The molecule has 11 heteroatoms. The first kappa shape index (κ1) is 20.9. The average Bonchev–Trinajstić information content (AvgIpc) is 3.03. The van der Waals surface area contributed by atoms with Crippen molar-refractivity contribution in [2.45, 2.75) is 88.9 Å². The van der Waals surface area contributed by atoms with Gasteiger partial charge in [0.2, 0.25) is 0 Å². The molecule has 0 aromatic rings. The normalized spacial score (nSPS) is 36.2. The second-order valence-electron chi connectivity index (χ2n) is 7.92. The number of carbonyl (C=O) groups excluding carboxylic acids is 1. The monoisotopic (exact) mass is 403 g/mol. The van der Waals surface area contributed by atoms with Gasteiger partial charge in [0, 0.05) is 6.42 Å². The molecule has 3 saturated heterocycles. The largest absolute Gasteiger partial charge is 0.481 e. The predicted octanol–water partition coefficient (Wildman–Crippen LogP) is -0.183. The molecule has 3 fully saturated rings. The van der Waals surface area contributed by atoms with Gasteiger partial charge in [-0.2, -0.15) is 0 Å². The van der Waals surface area contributed by atoms with E-state index in [1.165, 1.54) is 0 Å². The quantitative estimate of drug-likeness (QED) is 0.545. The number of fused-ring (bicyclic) bond motifs is 3. The molecule has 3 rings (SSSR count). The minimum atomic E-state index is -1.38. The van der Waals surface area contributed by atoms with E-state index in [2.05, 4.69) is 5.32 Å². The highest BCUT2D eigenvalue weighted by molar-refractivity contribution is 5.87. The average molecular weight is 403 g/mol. The standard InChI is InChI=1S/C17H25NO10/c1-16(2)25-9-10(26-16)12-15(28-17(3,4)27-12)24-11(9)13(21)18-7(14(22)23)5-6-8(19)20/h7,9-12,15H,5-6H2,1-4H3,(H,18,21)(H,19,20)(H,22,23)/t7?,9-,10+,11+,12-,15-/m1/s1. The first-order valence-corrected chi connectivity index (χ1v) is 9.00. The molecule has 3 N–H and O–H groups in total. The van der Waals surface area contributed by atoms with Gasteiger partial charge in [-0.1, -0.05) is 0 Å². The maximum atomic E-state index is 12.8. The van der Waals surface area contributed by atoms with Gasteiger partial charge >= 0.3 is 11.9 Å². The van der Waals surface area contributed by atoms with Crippen molar-refractivity contribution in [1.29, 1.82) is 0 Å². The molecule has 0 aliphatic carbocycles. The molecule has 0 aromatic carbocycles. The molecule has 0 spiro atoms. The molecule has 0 saturated carbocycles. The molecule has 158 valence electrons. The molecule has 3 aliphatic heterocycles. The summed E-state index contributed by atoms with van der Waals surface area (Å²) in [6.07, 6.45) is -4.90. The Hall–Kier alpha value is -1.79. The Morgan fingerprint density at radius 3 is 2.11 bits per heavy atom. The van der Waals surface area contributed by atoms with Gasteiger partial charge in [-0.25, -0.2) is 4.79 Å². The lowest BCUT2D eigenvalue weighted by Gasteiger charge is -2.36. The summed E-state index contributed by atoms with van der Waals surface area (Å²) in [7, 11) is 0. The third-order valence-electron chi connectivity index (χ3n) is 4.67. The van der Waals surface area contributed by atoms with Crippen LogP contribution in [0.4, 0.5) is 0 Å². The number of carboxylic acid groups (broad SMARTS) is 2. The second-order valence-corrected chi connectivity index (χ2v) is 7.92. The lowest BCUT2D eigenvalue weighted by Crippen LogP contribution is -2.60. The summed E-state index contributed by atoms with van der Waals surface area (Å²) in [6.45, 7) is 6.77. The van der Waals surface area contributed by atoms with E-state index in [1.807, 2.05) is 0 Å². The summed E-state index contributed by atoms with van der Waals surface area (Å²) < 4.78 is 29.0. The Labute approximate surface area is 161 Å². The van der Waals surface area contributed by atoms with Crippen LogP contribution in [0.15, 0.2) is 0 Å². The van der Waals surface area contributed by atoms with Crippen LogP contribution >= 0.6 is 0 Å². The van der Waals surface area contributed by atoms with Gasteiger partial charge in [0.25, 0.3) is 5.91 Å². The number of carbonyl (C=O) groups is 3. The fraction of sp³-hybridized carbons (Fsp3) is 0.824. The van der Waals surface area contributed by atoms with Crippen LogP contribution in [0.2, 0.25) is 0 Å². The number of carboxylic acids is 2. The lowest BCUT2D eigenvalue weighted by molar-refractivity contribution is -0.231. The van der Waals surface area contributed by atoms with Crippen LogP contribution in [0.5, 0.6) is 0 Å². The van der Waals surface area contributed by atoms with Crippen molar-refractivity contribution in [3.63, 3.8) is 0 Å². The van der Waals surface area contributed by atoms with Crippen molar-refractivity contribution in [3.8, 4) is 0 Å². The van der Waals surface area contributed by atoms with Crippen molar-refractivity contribution in [2.24, 2.45) is 0 Å². The summed E-state index contributed by atoms with van der Waals surface area (Å²) in [5.74, 6) is -5.21. The molecule has 0 bridgehead atoms. The van der Waals surface area contributed by atoms with Crippen LogP contribution in [0.1, 0.15) is 40.5 Å². The Bertz CT molecular complexity index is 662. The van der Waals surface area contributed by atoms with Crippen molar-refractivity contribution in [3.05, 3.63) is 0 Å². The van der Waals surface area contributed by atoms with Gasteiger partial charge in [0.05, 0.1) is 0 Å². The first-order chi connectivity index (χ1) is 12.9. The fourth-order valence-electron chi connectivity index (χ4n) is 3.60. The molecule has 3 aliphatic rings. The maximum absolute atomic E-state index is 12.8. The summed E-state index contributed by atoms with van der Waals surface area (Å²) >= 11 is 0. The van der Waals surface area contributed by atoms with Crippen molar-refractivity contribution < 1.29 is 48.3 Å². The van der Waals surface area contributed by atoms with Crippen LogP contribution in [-0.2, 0) is 38.1 Å². The molecule has 0 radical (unpaired) electrons. The zero-order valence-corrected chi connectivity index (χ0v) is 16.0. The molecule has 1 unspecified atom stereocenters. The number of hydrogen-bond donors (Lipinski definition) is 3. The molecule has 28 heavy (non-hydrogen) atoms. The third kappa shape index (κ3) is 4.28. The summed E-state index contributed by atoms with van der Waals surface area (Å²) in [5, 5.41) is 20.4. The van der Waals surface area contributed by atoms with Crippen molar-refractivity contribution in [2.75, 3.05) is 0 Å². The van der Waals surface area contributed by atoms with E-state index in [4.69, 9.17) is 28.8 Å². The van der Waals surface area contributed by atoms with Gasteiger partial charge in [0.1, 0.15) is 24.4 Å². The van der Waals surface area contributed by atoms with Crippen LogP contribution < -0.4 is 5.32 Å². The lowest BCUT2D eigenvalue weighted by atomic mass is 9.98. The van der Waals surface area contributed by atoms with E-state index < -0.39 is 72.6 Å². The fourth-order valence-corrected chi connectivity index (χ4v) is 3.60. The SMILES string of the molecule is CC1(C)O[C@H]2[C@@H](O1)[C@@H](C(=O)NC(CCC(=O)O)C(=O)O)O[C@@H]1OC(C)(C)O[C@@H]12. The molecule has 6 atom stereocenters. The van der Waals surface area contributed by atoms with E-state index >= 15 is 0 Å². The zero-order chi connectivity index (χ0) is 20.9. The summed E-state index contributed by atoms with van der Waals surface area (Å²) in [6, 6.07) is -1.38. The van der Waals surface area contributed by atoms with Crippen LogP contribution in [0, 0.1) is 0 Å². The molecule has 3 heterocycles. The molecular weight excluding hydrogens is 378 g/mol. The first-order valence-electron chi connectivity index (χ1n) is 9.00.